The third-order valence-corrected chi connectivity index (χ3v) is 6.94. The first-order valence-electron chi connectivity index (χ1n) is 7.85. The maximum Gasteiger partial charge on any atom is 0.256 e. The Hall–Kier alpha value is -1.48. The molecule has 0 aliphatic carbocycles. The van der Waals surface area contributed by atoms with Crippen LogP contribution in [0.4, 0.5) is 10.1 Å². The lowest BCUT2D eigenvalue weighted by atomic mass is 10.2. The zero-order chi connectivity index (χ0) is 18.9. The van der Waals surface area contributed by atoms with Gasteiger partial charge in [0.2, 0.25) is 10.0 Å². The normalized spacial score (nSPS) is 15.2. The van der Waals surface area contributed by atoms with Gasteiger partial charge in [-0.1, -0.05) is 11.6 Å². The van der Waals surface area contributed by atoms with Crippen molar-refractivity contribution >= 4 is 49.1 Å². The number of rotatable bonds is 4. The fourth-order valence-corrected chi connectivity index (χ4v) is 4.84. The first-order valence-corrected chi connectivity index (χ1v) is 10.5. The fraction of sp³-hybridized carbons (Fsp3) is 0.235. The zero-order valence-electron chi connectivity index (χ0n) is 13.5. The topological polar surface area (TPSA) is 66.5 Å². The molecule has 1 N–H and O–H groups in total. The minimum Gasteiger partial charge on any atom is -0.322 e. The van der Waals surface area contributed by atoms with Gasteiger partial charge in [-0.25, -0.2) is 12.8 Å². The molecule has 0 bridgehead atoms. The first-order chi connectivity index (χ1) is 12.3. The van der Waals surface area contributed by atoms with Crippen LogP contribution in [0.3, 0.4) is 0 Å². The van der Waals surface area contributed by atoms with Crippen LogP contribution in [-0.4, -0.2) is 31.7 Å². The second-order valence-corrected chi connectivity index (χ2v) is 9.04. The van der Waals surface area contributed by atoms with Crippen LogP contribution in [0.2, 0.25) is 5.02 Å². The molecule has 1 saturated heterocycles. The number of hydrogen-bond acceptors (Lipinski definition) is 3. The Morgan fingerprint density at radius 2 is 1.85 bits per heavy atom. The summed E-state index contributed by atoms with van der Waals surface area (Å²) < 4.78 is 40.5. The molecular weight excluding hydrogens is 447 g/mol. The zero-order valence-corrected chi connectivity index (χ0v) is 16.7. The third-order valence-electron chi connectivity index (χ3n) is 4.06. The Bertz CT molecular complexity index is 962. The smallest absolute Gasteiger partial charge is 0.256 e. The van der Waals surface area contributed by atoms with E-state index >= 15 is 0 Å². The second-order valence-electron chi connectivity index (χ2n) is 5.84. The number of nitrogens with one attached hydrogen (secondary N) is 1. The molecule has 0 unspecified atom stereocenters. The molecule has 0 radical (unpaired) electrons. The van der Waals surface area contributed by atoms with Crippen molar-refractivity contribution < 1.29 is 17.6 Å². The summed E-state index contributed by atoms with van der Waals surface area (Å²) in [6.07, 6.45) is 1.66. The number of sulfonamides is 1. The highest BCUT2D eigenvalue weighted by Crippen LogP contribution is 2.27. The van der Waals surface area contributed by atoms with Gasteiger partial charge in [-0.05, 0) is 65.2 Å². The van der Waals surface area contributed by atoms with Gasteiger partial charge >= 0.3 is 0 Å². The van der Waals surface area contributed by atoms with E-state index in [0.29, 0.717) is 23.2 Å². The van der Waals surface area contributed by atoms with Crippen molar-refractivity contribution in [1.82, 2.24) is 4.31 Å². The summed E-state index contributed by atoms with van der Waals surface area (Å²) in [6.45, 7) is 0.960. The summed E-state index contributed by atoms with van der Waals surface area (Å²) >= 11 is 8.98. The minimum atomic E-state index is -3.63. The number of amides is 1. The van der Waals surface area contributed by atoms with Gasteiger partial charge in [0.25, 0.3) is 5.91 Å². The molecule has 1 aliphatic rings. The molecular formula is C17H15BrClFN2O3S. The molecule has 3 rings (SSSR count). The molecule has 0 spiro atoms. The predicted molar refractivity (Wildman–Crippen MR) is 101 cm³/mol. The Morgan fingerprint density at radius 1 is 1.15 bits per heavy atom. The summed E-state index contributed by atoms with van der Waals surface area (Å²) in [5.74, 6) is -1.12. The fourth-order valence-electron chi connectivity index (χ4n) is 2.69. The van der Waals surface area contributed by atoms with Crippen molar-refractivity contribution in [3.8, 4) is 0 Å². The van der Waals surface area contributed by atoms with Gasteiger partial charge in [0.15, 0.2) is 0 Å². The van der Waals surface area contributed by atoms with Crippen LogP contribution in [0, 0.1) is 5.82 Å². The lowest BCUT2D eigenvalue weighted by Gasteiger charge is -2.16. The average molecular weight is 462 g/mol. The molecule has 1 amide bonds. The van der Waals surface area contributed by atoms with E-state index in [1.807, 2.05) is 0 Å². The molecule has 0 saturated carbocycles. The molecule has 1 fully saturated rings. The SMILES string of the molecule is O=C(Nc1ccc(F)c(Cl)c1)c1cc(S(=O)(=O)N2CCCC2)ccc1Br. The van der Waals surface area contributed by atoms with E-state index in [1.165, 1.54) is 34.6 Å². The summed E-state index contributed by atoms with van der Waals surface area (Å²) in [4.78, 5) is 12.6. The van der Waals surface area contributed by atoms with Gasteiger partial charge in [0.1, 0.15) is 5.82 Å². The maximum absolute atomic E-state index is 13.2. The quantitative estimate of drug-likeness (QED) is 0.739. The predicted octanol–water partition coefficient (Wildman–Crippen LogP) is 4.28. The second kappa shape index (κ2) is 7.64. The monoisotopic (exact) mass is 460 g/mol. The average Bonchev–Trinajstić information content (AvgIpc) is 3.13. The number of nitrogens with zero attached hydrogens (tertiary/aromatic N) is 1. The van der Waals surface area contributed by atoms with E-state index in [0.717, 1.165) is 18.9 Å². The van der Waals surface area contributed by atoms with E-state index in [-0.39, 0.29) is 15.5 Å². The van der Waals surface area contributed by atoms with Gasteiger partial charge in [0.05, 0.1) is 15.5 Å². The van der Waals surface area contributed by atoms with Crippen LogP contribution in [0.25, 0.3) is 0 Å². The minimum absolute atomic E-state index is 0.0601. The van der Waals surface area contributed by atoms with Crippen LogP contribution >= 0.6 is 27.5 Å². The largest absolute Gasteiger partial charge is 0.322 e. The van der Waals surface area contributed by atoms with Crippen LogP contribution < -0.4 is 5.32 Å². The van der Waals surface area contributed by atoms with Crippen LogP contribution in [0.15, 0.2) is 45.8 Å². The van der Waals surface area contributed by atoms with Crippen molar-refractivity contribution in [2.75, 3.05) is 18.4 Å². The third kappa shape index (κ3) is 3.93. The van der Waals surface area contributed by atoms with E-state index in [1.54, 1.807) is 0 Å². The number of halogens is 3. The lowest BCUT2D eigenvalue weighted by molar-refractivity contribution is 0.102. The molecule has 9 heteroatoms. The van der Waals surface area contributed by atoms with E-state index in [4.69, 9.17) is 11.6 Å². The van der Waals surface area contributed by atoms with E-state index in [9.17, 15) is 17.6 Å². The molecule has 5 nitrogen and oxygen atoms in total. The Labute approximate surface area is 164 Å². The summed E-state index contributed by atoms with van der Waals surface area (Å²) in [6, 6.07) is 8.11. The molecule has 26 heavy (non-hydrogen) atoms. The van der Waals surface area contributed by atoms with Gasteiger partial charge in [-0.2, -0.15) is 4.31 Å². The van der Waals surface area contributed by atoms with Gasteiger partial charge in [0, 0.05) is 23.2 Å². The summed E-state index contributed by atoms with van der Waals surface area (Å²) in [7, 11) is -3.63. The van der Waals surface area contributed by atoms with Crippen LogP contribution in [-0.2, 0) is 10.0 Å². The molecule has 2 aromatic carbocycles. The first kappa shape index (κ1) is 19.3. The van der Waals surface area contributed by atoms with E-state index < -0.39 is 21.7 Å². The van der Waals surface area contributed by atoms with Crippen molar-refractivity contribution in [3.05, 3.63) is 57.3 Å². The summed E-state index contributed by atoms with van der Waals surface area (Å²) in [5, 5.41) is 2.47. The molecule has 0 aromatic heterocycles. The van der Waals surface area contributed by atoms with Crippen molar-refractivity contribution in [2.45, 2.75) is 17.7 Å². The highest BCUT2D eigenvalue weighted by molar-refractivity contribution is 9.10. The Morgan fingerprint density at radius 3 is 2.50 bits per heavy atom. The molecule has 1 heterocycles. The highest BCUT2D eigenvalue weighted by Gasteiger charge is 2.28. The maximum atomic E-state index is 13.2. The van der Waals surface area contributed by atoms with Gasteiger partial charge < -0.3 is 5.32 Å². The molecule has 0 atom stereocenters. The van der Waals surface area contributed by atoms with Crippen LogP contribution in [0.1, 0.15) is 23.2 Å². The molecule has 2 aromatic rings. The Balaban J connectivity index is 1.89. The number of carbonyl (C=O) groups is 1. The number of carbonyl (C=O) groups excluding carboxylic acids is 1. The van der Waals surface area contributed by atoms with Gasteiger partial charge in [-0.15, -0.1) is 0 Å². The van der Waals surface area contributed by atoms with Gasteiger partial charge in [-0.3, -0.25) is 4.79 Å². The highest BCUT2D eigenvalue weighted by atomic mass is 79.9. The molecule has 1 aliphatic heterocycles. The summed E-state index contributed by atoms with van der Waals surface area (Å²) in [5.41, 5.74) is 0.465. The Kier molecular flexibility index (Phi) is 5.67. The van der Waals surface area contributed by atoms with Crippen molar-refractivity contribution in [3.63, 3.8) is 0 Å². The molecule has 138 valence electrons. The number of anilines is 1. The number of benzene rings is 2. The van der Waals surface area contributed by atoms with Crippen molar-refractivity contribution in [1.29, 1.82) is 0 Å². The van der Waals surface area contributed by atoms with Crippen LogP contribution in [0.5, 0.6) is 0 Å². The van der Waals surface area contributed by atoms with Crippen molar-refractivity contribution in [2.24, 2.45) is 0 Å². The standard InChI is InChI=1S/C17H15BrClFN2O3S/c18-14-5-4-12(26(24,25)22-7-1-2-8-22)10-13(14)17(23)21-11-3-6-16(20)15(19)9-11/h3-6,9-10H,1-2,7-8H2,(H,21,23). The number of hydrogen-bond donors (Lipinski definition) is 1. The lowest BCUT2D eigenvalue weighted by Crippen LogP contribution is -2.28. The van der Waals surface area contributed by atoms with E-state index in [2.05, 4.69) is 21.2 Å².